The van der Waals surface area contributed by atoms with Crippen molar-refractivity contribution in [2.45, 2.75) is 26.4 Å². The second kappa shape index (κ2) is 7.25. The molecular weight excluding hydrogens is 312 g/mol. The van der Waals surface area contributed by atoms with Crippen LogP contribution >= 0.6 is 15.9 Å². The molecule has 0 aromatic heterocycles. The molecule has 1 rings (SSSR count). The minimum absolute atomic E-state index is 0.00655. The van der Waals surface area contributed by atoms with Gasteiger partial charge in [-0.05, 0) is 30.2 Å². The Kier molecular flexibility index (Phi) is 5.98. The number of halogens is 1. The predicted molar refractivity (Wildman–Crippen MR) is 75.2 cm³/mol. The minimum atomic E-state index is -0.718. The molecule has 0 fully saturated rings. The third kappa shape index (κ3) is 5.40. The molecule has 0 aliphatic heterocycles. The number of rotatable bonds is 4. The number of hydrazine groups is 1. The average Bonchev–Trinajstić information content (AvgIpc) is 2.36. The first kappa shape index (κ1) is 15.7. The van der Waals surface area contributed by atoms with Gasteiger partial charge >= 0.3 is 0 Å². The van der Waals surface area contributed by atoms with Crippen LogP contribution in [0.5, 0.6) is 0 Å². The van der Waals surface area contributed by atoms with Crippen molar-refractivity contribution in [1.82, 2.24) is 10.9 Å². The number of aliphatic hydroxyl groups excluding tert-OH is 1. The summed E-state index contributed by atoms with van der Waals surface area (Å²) >= 11 is 3.27. The number of carbonyl (C=O) groups excluding carboxylic acids is 2. The highest BCUT2D eigenvalue weighted by molar-refractivity contribution is 9.10. The van der Waals surface area contributed by atoms with Crippen LogP contribution in [0.2, 0.25) is 0 Å². The largest absolute Gasteiger partial charge is 0.392 e. The third-order valence-corrected chi connectivity index (χ3v) is 3.11. The fraction of sp³-hybridized carbons (Fsp3) is 0.385. The normalized spacial score (nSPS) is 12.1. The van der Waals surface area contributed by atoms with Crippen molar-refractivity contribution in [3.8, 4) is 0 Å². The molecule has 0 radical (unpaired) electrons. The van der Waals surface area contributed by atoms with Crippen molar-refractivity contribution < 1.29 is 14.7 Å². The standard InChI is InChI=1S/C13H17BrN2O3/c1-8(2)11(17)7-12(18)15-16-13(19)9-3-5-10(14)6-4-9/h3-6,8,11,17H,7H2,1-2H3,(H,15,18)(H,16,19). The maximum absolute atomic E-state index is 11.7. The van der Waals surface area contributed by atoms with E-state index in [0.29, 0.717) is 5.56 Å². The van der Waals surface area contributed by atoms with Crippen molar-refractivity contribution in [3.63, 3.8) is 0 Å². The zero-order valence-corrected chi connectivity index (χ0v) is 12.4. The molecule has 0 spiro atoms. The molecule has 3 N–H and O–H groups in total. The molecule has 5 nitrogen and oxygen atoms in total. The highest BCUT2D eigenvalue weighted by atomic mass is 79.9. The van der Waals surface area contributed by atoms with Crippen molar-refractivity contribution in [2.75, 3.05) is 0 Å². The molecule has 2 amide bonds. The summed E-state index contributed by atoms with van der Waals surface area (Å²) in [7, 11) is 0. The molecule has 1 atom stereocenters. The van der Waals surface area contributed by atoms with Gasteiger partial charge in [0.1, 0.15) is 0 Å². The van der Waals surface area contributed by atoms with E-state index in [4.69, 9.17) is 0 Å². The zero-order valence-electron chi connectivity index (χ0n) is 10.8. The molecule has 0 saturated carbocycles. The van der Waals surface area contributed by atoms with E-state index in [2.05, 4.69) is 26.8 Å². The van der Waals surface area contributed by atoms with E-state index in [1.807, 2.05) is 13.8 Å². The molecule has 0 aliphatic carbocycles. The van der Waals surface area contributed by atoms with Crippen LogP contribution in [0.25, 0.3) is 0 Å². The number of benzene rings is 1. The molecule has 1 aromatic rings. The van der Waals surface area contributed by atoms with Gasteiger partial charge in [-0.3, -0.25) is 20.4 Å². The number of hydrogen-bond donors (Lipinski definition) is 3. The van der Waals surface area contributed by atoms with Crippen LogP contribution < -0.4 is 10.9 Å². The number of nitrogens with one attached hydrogen (secondary N) is 2. The van der Waals surface area contributed by atoms with Crippen LogP contribution in [-0.2, 0) is 4.79 Å². The first-order valence-corrected chi connectivity index (χ1v) is 6.72. The highest BCUT2D eigenvalue weighted by Crippen LogP contribution is 2.10. The van der Waals surface area contributed by atoms with E-state index < -0.39 is 17.9 Å². The fourth-order valence-electron chi connectivity index (χ4n) is 1.28. The number of hydrogen-bond acceptors (Lipinski definition) is 3. The summed E-state index contributed by atoms with van der Waals surface area (Å²) in [6, 6.07) is 6.74. The molecule has 6 heteroatoms. The molecule has 1 aromatic carbocycles. The Labute approximate surface area is 120 Å². The molecule has 0 saturated heterocycles. The minimum Gasteiger partial charge on any atom is -0.392 e. The molecule has 0 heterocycles. The number of amides is 2. The summed E-state index contributed by atoms with van der Waals surface area (Å²) in [5.41, 5.74) is 5.01. The zero-order chi connectivity index (χ0) is 14.4. The van der Waals surface area contributed by atoms with E-state index in [1.54, 1.807) is 24.3 Å². The van der Waals surface area contributed by atoms with Crippen molar-refractivity contribution in [2.24, 2.45) is 5.92 Å². The Hall–Kier alpha value is -1.40. The van der Waals surface area contributed by atoms with Gasteiger partial charge in [-0.15, -0.1) is 0 Å². The van der Waals surface area contributed by atoms with Gasteiger partial charge in [0.25, 0.3) is 5.91 Å². The lowest BCUT2D eigenvalue weighted by Crippen LogP contribution is -2.43. The molecule has 0 bridgehead atoms. The van der Waals surface area contributed by atoms with Crippen LogP contribution in [0.3, 0.4) is 0 Å². The van der Waals surface area contributed by atoms with E-state index in [1.165, 1.54) is 0 Å². The molecule has 104 valence electrons. The Morgan fingerprint density at radius 3 is 2.32 bits per heavy atom. The Balaban J connectivity index is 2.42. The van der Waals surface area contributed by atoms with Gasteiger partial charge in [-0.1, -0.05) is 29.8 Å². The Bertz CT molecular complexity index is 446. The Morgan fingerprint density at radius 2 is 1.79 bits per heavy atom. The van der Waals surface area contributed by atoms with Crippen molar-refractivity contribution in [1.29, 1.82) is 0 Å². The number of aliphatic hydroxyl groups is 1. The molecular formula is C13H17BrN2O3. The van der Waals surface area contributed by atoms with E-state index in [9.17, 15) is 14.7 Å². The van der Waals surface area contributed by atoms with Gasteiger partial charge in [-0.2, -0.15) is 0 Å². The maximum Gasteiger partial charge on any atom is 0.269 e. The highest BCUT2D eigenvalue weighted by Gasteiger charge is 2.14. The van der Waals surface area contributed by atoms with Crippen LogP contribution in [-0.4, -0.2) is 23.0 Å². The first-order chi connectivity index (χ1) is 8.90. The quantitative estimate of drug-likeness (QED) is 0.735. The summed E-state index contributed by atoms with van der Waals surface area (Å²) in [5.74, 6) is -0.834. The van der Waals surface area contributed by atoms with Crippen LogP contribution in [0.1, 0.15) is 30.6 Å². The van der Waals surface area contributed by atoms with E-state index in [-0.39, 0.29) is 12.3 Å². The summed E-state index contributed by atoms with van der Waals surface area (Å²) in [4.78, 5) is 23.1. The summed E-state index contributed by atoms with van der Waals surface area (Å²) < 4.78 is 0.869. The van der Waals surface area contributed by atoms with Crippen LogP contribution in [0.4, 0.5) is 0 Å². The molecule has 19 heavy (non-hydrogen) atoms. The monoisotopic (exact) mass is 328 g/mol. The topological polar surface area (TPSA) is 78.4 Å². The average molecular weight is 329 g/mol. The molecule has 0 aliphatic rings. The smallest absolute Gasteiger partial charge is 0.269 e. The lowest BCUT2D eigenvalue weighted by Gasteiger charge is -2.14. The Morgan fingerprint density at radius 1 is 1.21 bits per heavy atom. The summed E-state index contributed by atoms with van der Waals surface area (Å²) in [6.45, 7) is 3.64. The number of carbonyl (C=O) groups is 2. The molecule has 1 unspecified atom stereocenters. The second-order valence-electron chi connectivity index (χ2n) is 4.52. The van der Waals surface area contributed by atoms with Crippen molar-refractivity contribution >= 4 is 27.7 Å². The maximum atomic E-state index is 11.7. The summed E-state index contributed by atoms with van der Waals surface area (Å²) in [6.07, 6.45) is -0.761. The lowest BCUT2D eigenvalue weighted by atomic mass is 10.0. The van der Waals surface area contributed by atoms with Gasteiger partial charge in [0.15, 0.2) is 0 Å². The summed E-state index contributed by atoms with van der Waals surface area (Å²) in [5, 5.41) is 9.53. The van der Waals surface area contributed by atoms with Crippen LogP contribution in [0.15, 0.2) is 28.7 Å². The van der Waals surface area contributed by atoms with E-state index >= 15 is 0 Å². The predicted octanol–water partition coefficient (Wildman–Crippen LogP) is 1.62. The van der Waals surface area contributed by atoms with Gasteiger partial charge in [0.05, 0.1) is 12.5 Å². The lowest BCUT2D eigenvalue weighted by molar-refractivity contribution is -0.124. The van der Waals surface area contributed by atoms with Gasteiger partial charge in [0.2, 0.25) is 5.91 Å². The van der Waals surface area contributed by atoms with E-state index in [0.717, 1.165) is 4.47 Å². The fourth-order valence-corrected chi connectivity index (χ4v) is 1.54. The van der Waals surface area contributed by atoms with Crippen LogP contribution in [0, 0.1) is 5.92 Å². The SMILES string of the molecule is CC(C)C(O)CC(=O)NNC(=O)c1ccc(Br)cc1. The third-order valence-electron chi connectivity index (χ3n) is 2.59. The van der Waals surface area contributed by atoms with Crippen molar-refractivity contribution in [3.05, 3.63) is 34.3 Å². The second-order valence-corrected chi connectivity index (χ2v) is 5.44. The van der Waals surface area contributed by atoms with Gasteiger partial charge in [-0.25, -0.2) is 0 Å². The first-order valence-electron chi connectivity index (χ1n) is 5.93. The van der Waals surface area contributed by atoms with Gasteiger partial charge in [0, 0.05) is 10.0 Å². The van der Waals surface area contributed by atoms with Gasteiger partial charge < -0.3 is 5.11 Å².